The molecule has 1 aromatic rings. The molecule has 1 rings (SSSR count). The van der Waals surface area contributed by atoms with E-state index in [2.05, 4.69) is 25.7 Å². The van der Waals surface area contributed by atoms with Crippen molar-refractivity contribution in [1.82, 2.24) is 9.88 Å². The van der Waals surface area contributed by atoms with E-state index in [1.807, 2.05) is 31.3 Å². The maximum absolute atomic E-state index is 11.3. The number of pyridine rings is 1. The number of halogens is 1. The van der Waals surface area contributed by atoms with E-state index in [0.29, 0.717) is 10.0 Å². The Kier molecular flexibility index (Phi) is 4.49. The van der Waals surface area contributed by atoms with Gasteiger partial charge in [0.05, 0.1) is 18.4 Å². The molecule has 1 heterocycles. The standard InChI is InChI=1S/C11H13BrN2O2/c1-14(2)5-4-8-6-10(12)9(7-13-8)11(15)16-3/h4-7H,1-3H3/b5-4+. The van der Waals surface area contributed by atoms with Crippen LogP contribution in [0, 0.1) is 0 Å². The quantitative estimate of drug-likeness (QED) is 0.798. The first-order valence-electron chi connectivity index (χ1n) is 4.63. The van der Waals surface area contributed by atoms with Crippen molar-refractivity contribution in [2.75, 3.05) is 21.2 Å². The van der Waals surface area contributed by atoms with Gasteiger partial charge < -0.3 is 9.64 Å². The number of carbonyl (C=O) groups is 1. The molecule has 0 radical (unpaired) electrons. The average Bonchev–Trinajstić information content (AvgIpc) is 2.25. The van der Waals surface area contributed by atoms with Crippen molar-refractivity contribution in [2.45, 2.75) is 0 Å². The largest absolute Gasteiger partial charge is 0.465 e. The minimum Gasteiger partial charge on any atom is -0.465 e. The summed E-state index contributed by atoms with van der Waals surface area (Å²) < 4.78 is 5.29. The van der Waals surface area contributed by atoms with Gasteiger partial charge in [0, 0.05) is 31.0 Å². The summed E-state index contributed by atoms with van der Waals surface area (Å²) in [5.41, 5.74) is 1.19. The van der Waals surface area contributed by atoms with Gasteiger partial charge in [0.1, 0.15) is 0 Å². The van der Waals surface area contributed by atoms with Crippen LogP contribution in [0.15, 0.2) is 22.9 Å². The molecule has 0 aliphatic carbocycles. The van der Waals surface area contributed by atoms with Crippen molar-refractivity contribution in [1.29, 1.82) is 0 Å². The van der Waals surface area contributed by atoms with Crippen LogP contribution in [-0.4, -0.2) is 37.1 Å². The maximum atomic E-state index is 11.3. The molecular formula is C11H13BrN2O2. The molecule has 0 aliphatic heterocycles. The summed E-state index contributed by atoms with van der Waals surface area (Å²) >= 11 is 3.31. The van der Waals surface area contributed by atoms with Gasteiger partial charge in [-0.2, -0.15) is 0 Å². The highest BCUT2D eigenvalue weighted by Crippen LogP contribution is 2.18. The Balaban J connectivity index is 2.95. The van der Waals surface area contributed by atoms with Gasteiger partial charge in [0.25, 0.3) is 0 Å². The lowest BCUT2D eigenvalue weighted by atomic mass is 10.2. The second kappa shape index (κ2) is 5.65. The summed E-state index contributed by atoms with van der Waals surface area (Å²) in [5, 5.41) is 0. The number of carbonyl (C=O) groups excluding carboxylic acids is 1. The lowest BCUT2D eigenvalue weighted by molar-refractivity contribution is 0.0599. The second-order valence-electron chi connectivity index (χ2n) is 3.36. The fourth-order valence-electron chi connectivity index (χ4n) is 1.02. The van der Waals surface area contributed by atoms with Gasteiger partial charge in [0.15, 0.2) is 0 Å². The monoisotopic (exact) mass is 284 g/mol. The van der Waals surface area contributed by atoms with Crippen LogP contribution in [0.25, 0.3) is 6.08 Å². The zero-order valence-electron chi connectivity index (χ0n) is 9.40. The van der Waals surface area contributed by atoms with Crippen LogP contribution in [0.4, 0.5) is 0 Å². The highest BCUT2D eigenvalue weighted by atomic mass is 79.9. The van der Waals surface area contributed by atoms with E-state index in [-0.39, 0.29) is 0 Å². The summed E-state index contributed by atoms with van der Waals surface area (Å²) in [6.45, 7) is 0. The molecule has 1 aromatic heterocycles. The van der Waals surface area contributed by atoms with Gasteiger partial charge in [-0.05, 0) is 28.1 Å². The van der Waals surface area contributed by atoms with Gasteiger partial charge in [-0.3, -0.25) is 4.98 Å². The van der Waals surface area contributed by atoms with Gasteiger partial charge >= 0.3 is 5.97 Å². The van der Waals surface area contributed by atoms with E-state index >= 15 is 0 Å². The third-order valence-corrected chi connectivity index (χ3v) is 2.48. The molecule has 0 amide bonds. The number of hydrogen-bond donors (Lipinski definition) is 0. The predicted molar refractivity (Wildman–Crippen MR) is 66.0 cm³/mol. The zero-order valence-corrected chi connectivity index (χ0v) is 11.0. The fraction of sp³-hybridized carbons (Fsp3) is 0.273. The van der Waals surface area contributed by atoms with E-state index in [1.165, 1.54) is 13.3 Å². The molecule has 0 N–H and O–H groups in total. The number of esters is 1. The number of ether oxygens (including phenoxy) is 1. The van der Waals surface area contributed by atoms with Gasteiger partial charge in [0.2, 0.25) is 0 Å². The third-order valence-electron chi connectivity index (χ3n) is 1.82. The Hall–Kier alpha value is -1.36. The maximum Gasteiger partial charge on any atom is 0.340 e. The molecule has 0 spiro atoms. The van der Waals surface area contributed by atoms with E-state index in [9.17, 15) is 4.79 Å². The molecule has 0 aliphatic rings. The molecule has 0 saturated carbocycles. The van der Waals surface area contributed by atoms with Gasteiger partial charge in [-0.15, -0.1) is 0 Å². The van der Waals surface area contributed by atoms with Crippen molar-refractivity contribution in [3.63, 3.8) is 0 Å². The lowest BCUT2D eigenvalue weighted by Gasteiger charge is -2.04. The SMILES string of the molecule is COC(=O)c1cnc(/C=C/N(C)C)cc1Br. The molecule has 0 aromatic carbocycles. The molecule has 0 bridgehead atoms. The van der Waals surface area contributed by atoms with Crippen LogP contribution in [0.3, 0.4) is 0 Å². The van der Waals surface area contributed by atoms with Crippen molar-refractivity contribution in [2.24, 2.45) is 0 Å². The van der Waals surface area contributed by atoms with Crippen molar-refractivity contribution in [3.8, 4) is 0 Å². The summed E-state index contributed by atoms with van der Waals surface area (Å²) in [6.07, 6.45) is 5.23. The lowest BCUT2D eigenvalue weighted by Crippen LogP contribution is -2.04. The van der Waals surface area contributed by atoms with E-state index in [0.717, 1.165) is 5.69 Å². The molecular weight excluding hydrogens is 272 g/mol. The Bertz CT molecular complexity index is 416. The number of hydrogen-bond acceptors (Lipinski definition) is 4. The van der Waals surface area contributed by atoms with Crippen LogP contribution in [-0.2, 0) is 4.74 Å². The Morgan fingerprint density at radius 3 is 2.75 bits per heavy atom. The fourth-order valence-corrected chi connectivity index (χ4v) is 1.52. The first-order valence-corrected chi connectivity index (χ1v) is 5.42. The molecule has 16 heavy (non-hydrogen) atoms. The van der Waals surface area contributed by atoms with E-state index in [4.69, 9.17) is 0 Å². The van der Waals surface area contributed by atoms with Gasteiger partial charge in [-0.1, -0.05) is 0 Å². The van der Waals surface area contributed by atoms with Crippen LogP contribution >= 0.6 is 15.9 Å². The summed E-state index contributed by atoms with van der Waals surface area (Å²) in [4.78, 5) is 17.3. The Labute approximate surface area is 103 Å². The molecule has 0 unspecified atom stereocenters. The average molecular weight is 285 g/mol. The summed E-state index contributed by atoms with van der Waals surface area (Å²) in [6, 6.07) is 1.77. The first-order chi connectivity index (χ1) is 7.54. The zero-order chi connectivity index (χ0) is 12.1. The normalized spacial score (nSPS) is 10.5. The topological polar surface area (TPSA) is 42.4 Å². The minimum absolute atomic E-state index is 0.400. The molecule has 0 saturated heterocycles. The Morgan fingerprint density at radius 1 is 1.56 bits per heavy atom. The van der Waals surface area contributed by atoms with Crippen molar-refractivity contribution in [3.05, 3.63) is 34.2 Å². The van der Waals surface area contributed by atoms with E-state index in [1.54, 1.807) is 6.07 Å². The molecule has 4 nitrogen and oxygen atoms in total. The summed E-state index contributed by atoms with van der Waals surface area (Å²) in [7, 11) is 5.19. The number of methoxy groups -OCH3 is 1. The van der Waals surface area contributed by atoms with Crippen LogP contribution < -0.4 is 0 Å². The highest BCUT2D eigenvalue weighted by Gasteiger charge is 2.10. The number of rotatable bonds is 3. The number of aromatic nitrogens is 1. The smallest absolute Gasteiger partial charge is 0.340 e. The third kappa shape index (κ3) is 3.34. The second-order valence-corrected chi connectivity index (χ2v) is 4.21. The number of nitrogens with zero attached hydrogens (tertiary/aromatic N) is 2. The molecule has 86 valence electrons. The van der Waals surface area contributed by atoms with E-state index < -0.39 is 5.97 Å². The van der Waals surface area contributed by atoms with Crippen molar-refractivity contribution >= 4 is 28.0 Å². The van der Waals surface area contributed by atoms with Crippen LogP contribution in [0.1, 0.15) is 16.1 Å². The highest BCUT2D eigenvalue weighted by molar-refractivity contribution is 9.10. The van der Waals surface area contributed by atoms with Crippen LogP contribution in [0.2, 0.25) is 0 Å². The molecule has 0 atom stereocenters. The van der Waals surface area contributed by atoms with Gasteiger partial charge in [-0.25, -0.2) is 4.79 Å². The molecule has 0 fully saturated rings. The van der Waals surface area contributed by atoms with Crippen molar-refractivity contribution < 1.29 is 9.53 Å². The van der Waals surface area contributed by atoms with Crippen LogP contribution in [0.5, 0.6) is 0 Å². The Morgan fingerprint density at radius 2 is 2.25 bits per heavy atom. The summed E-state index contributed by atoms with van der Waals surface area (Å²) in [5.74, 6) is -0.400. The minimum atomic E-state index is -0.400. The first kappa shape index (κ1) is 12.7. The molecule has 5 heteroatoms. The predicted octanol–water partition coefficient (Wildman–Crippen LogP) is 2.16.